The normalized spacial score (nSPS) is 15.9. The number of anilines is 2. The molecule has 0 atom stereocenters. The highest BCUT2D eigenvalue weighted by molar-refractivity contribution is 6.03. The van der Waals surface area contributed by atoms with Gasteiger partial charge in [-0.25, -0.2) is 9.97 Å². The molecule has 6 rings (SSSR count). The van der Waals surface area contributed by atoms with Crippen molar-refractivity contribution in [2.45, 2.75) is 12.6 Å². The molecule has 3 N–H and O–H groups in total. The number of hydrogen-bond acceptors (Lipinski definition) is 8. The van der Waals surface area contributed by atoms with Crippen molar-refractivity contribution in [3.63, 3.8) is 0 Å². The minimum Gasteiger partial charge on any atom is -0.378 e. The molecule has 3 aromatic heterocycles. The van der Waals surface area contributed by atoms with Crippen LogP contribution in [0.5, 0.6) is 0 Å². The number of rotatable bonds is 8. The van der Waals surface area contributed by atoms with Crippen molar-refractivity contribution in [1.82, 2.24) is 30.2 Å². The van der Waals surface area contributed by atoms with Crippen molar-refractivity contribution in [3.05, 3.63) is 78.9 Å². The summed E-state index contributed by atoms with van der Waals surface area (Å²) in [6, 6.07) is 13.5. The number of aromatic amines is 1. The zero-order chi connectivity index (χ0) is 27.5. The van der Waals surface area contributed by atoms with Gasteiger partial charge >= 0.3 is 0 Å². The maximum Gasteiger partial charge on any atom is 0.274 e. The molecule has 40 heavy (non-hydrogen) atoms. The van der Waals surface area contributed by atoms with Crippen LogP contribution in [0.1, 0.15) is 16.1 Å². The summed E-state index contributed by atoms with van der Waals surface area (Å²) < 4.78 is 5.48. The van der Waals surface area contributed by atoms with Crippen LogP contribution in [-0.2, 0) is 16.1 Å². The van der Waals surface area contributed by atoms with Crippen LogP contribution < -0.4 is 15.5 Å². The van der Waals surface area contributed by atoms with Gasteiger partial charge in [-0.15, -0.1) is 0 Å². The number of morpholine rings is 1. The van der Waals surface area contributed by atoms with Gasteiger partial charge in [-0.05, 0) is 47.5 Å². The van der Waals surface area contributed by atoms with Gasteiger partial charge in [0.05, 0.1) is 24.6 Å². The van der Waals surface area contributed by atoms with E-state index in [1.807, 2.05) is 30.3 Å². The Bertz CT molecular complexity index is 1540. The number of amides is 2. The first-order valence-electron chi connectivity index (χ1n) is 13.2. The van der Waals surface area contributed by atoms with E-state index in [4.69, 9.17) is 4.74 Å². The zero-order valence-electron chi connectivity index (χ0n) is 22.0. The standard InChI is InChI=1S/C29H30N8O3/c1-2-26(38)33-22-16-36(17-22)15-19-7-8-30-25(13-19)29(39)34-21-5-3-20(4-6-21)24-14-23-27(35-24)31-18-32-28(23)37-9-11-40-12-10-37/h2-8,13-14,18,22H,1,9-12,15-17H2,(H,33,38)(H,34,39)(H,31,32,35). The van der Waals surface area contributed by atoms with E-state index in [0.29, 0.717) is 31.1 Å². The number of hydrogen-bond donors (Lipinski definition) is 3. The second kappa shape index (κ2) is 11.2. The number of carbonyl (C=O) groups is 2. The summed E-state index contributed by atoms with van der Waals surface area (Å²) in [7, 11) is 0. The molecule has 0 bridgehead atoms. The SMILES string of the molecule is C=CC(=O)NC1CN(Cc2ccnc(C(=O)Nc3ccc(-c4cc5c(N6CCOCC6)ncnc5[nH]4)cc3)c2)C1. The molecule has 0 aliphatic carbocycles. The fraction of sp³-hybridized carbons (Fsp3) is 0.276. The molecule has 0 saturated carbocycles. The summed E-state index contributed by atoms with van der Waals surface area (Å²) in [6.45, 7) is 8.64. The third kappa shape index (κ3) is 5.56. The summed E-state index contributed by atoms with van der Waals surface area (Å²) in [5.74, 6) is 0.474. The largest absolute Gasteiger partial charge is 0.378 e. The fourth-order valence-corrected chi connectivity index (χ4v) is 5.04. The Morgan fingerprint density at radius 1 is 1.07 bits per heavy atom. The number of pyridine rings is 1. The molecule has 2 saturated heterocycles. The Kier molecular flexibility index (Phi) is 7.21. The topological polar surface area (TPSA) is 128 Å². The Morgan fingerprint density at radius 2 is 1.88 bits per heavy atom. The monoisotopic (exact) mass is 538 g/mol. The molecule has 5 heterocycles. The predicted octanol–water partition coefficient (Wildman–Crippen LogP) is 2.60. The van der Waals surface area contributed by atoms with Gasteiger partial charge in [0.1, 0.15) is 23.5 Å². The molecule has 1 aromatic carbocycles. The molecule has 0 unspecified atom stereocenters. The van der Waals surface area contributed by atoms with Crippen molar-refractivity contribution in [1.29, 1.82) is 0 Å². The third-order valence-electron chi connectivity index (χ3n) is 7.12. The number of nitrogens with zero attached hydrogens (tertiary/aromatic N) is 5. The van der Waals surface area contributed by atoms with Crippen molar-refractivity contribution >= 4 is 34.4 Å². The minimum absolute atomic E-state index is 0.127. The Labute approximate surface area is 231 Å². The minimum atomic E-state index is -0.273. The van der Waals surface area contributed by atoms with E-state index in [1.54, 1.807) is 18.6 Å². The first-order valence-corrected chi connectivity index (χ1v) is 13.2. The Morgan fingerprint density at radius 3 is 2.65 bits per heavy atom. The van der Waals surface area contributed by atoms with Crippen LogP contribution in [0.15, 0.2) is 67.6 Å². The van der Waals surface area contributed by atoms with Gasteiger partial charge in [0.25, 0.3) is 5.91 Å². The number of benzene rings is 1. The maximum atomic E-state index is 12.9. The molecule has 2 aliphatic heterocycles. The highest BCUT2D eigenvalue weighted by atomic mass is 16.5. The lowest BCUT2D eigenvalue weighted by Crippen LogP contribution is -2.58. The molecule has 2 aliphatic rings. The van der Waals surface area contributed by atoms with Crippen LogP contribution in [0.3, 0.4) is 0 Å². The lowest BCUT2D eigenvalue weighted by Gasteiger charge is -2.39. The van der Waals surface area contributed by atoms with Crippen LogP contribution in [-0.4, -0.2) is 82.1 Å². The summed E-state index contributed by atoms with van der Waals surface area (Å²) in [5, 5.41) is 6.79. The lowest BCUT2D eigenvalue weighted by atomic mass is 10.1. The highest BCUT2D eigenvalue weighted by Crippen LogP contribution is 2.29. The zero-order valence-corrected chi connectivity index (χ0v) is 22.0. The summed E-state index contributed by atoms with van der Waals surface area (Å²) in [5.41, 5.74) is 4.70. The van der Waals surface area contributed by atoms with Crippen LogP contribution in [0.4, 0.5) is 11.5 Å². The van der Waals surface area contributed by atoms with Crippen molar-refractivity contribution < 1.29 is 14.3 Å². The molecule has 11 nitrogen and oxygen atoms in total. The van der Waals surface area contributed by atoms with Crippen molar-refractivity contribution in [2.24, 2.45) is 0 Å². The Hall–Kier alpha value is -4.61. The molecule has 0 spiro atoms. The fourth-order valence-electron chi connectivity index (χ4n) is 5.04. The second-order valence-corrected chi connectivity index (χ2v) is 9.93. The number of fused-ring (bicyclic) bond motifs is 1. The molecular weight excluding hydrogens is 508 g/mol. The van der Waals surface area contributed by atoms with Crippen LogP contribution >= 0.6 is 0 Å². The first-order chi connectivity index (χ1) is 19.6. The number of nitrogens with one attached hydrogen (secondary N) is 3. The molecular formula is C29H30N8O3. The quantitative estimate of drug-likeness (QED) is 0.292. The van der Waals surface area contributed by atoms with Crippen molar-refractivity contribution in [2.75, 3.05) is 49.6 Å². The summed E-state index contributed by atoms with van der Waals surface area (Å²) in [6.07, 6.45) is 4.51. The van der Waals surface area contributed by atoms with Crippen LogP contribution in [0.25, 0.3) is 22.3 Å². The highest BCUT2D eigenvalue weighted by Gasteiger charge is 2.27. The lowest BCUT2D eigenvalue weighted by molar-refractivity contribution is -0.118. The first kappa shape index (κ1) is 25.7. The van der Waals surface area contributed by atoms with Crippen molar-refractivity contribution in [3.8, 4) is 11.3 Å². The molecule has 0 radical (unpaired) electrons. The maximum absolute atomic E-state index is 12.9. The molecule has 2 fully saturated rings. The van der Waals surface area contributed by atoms with Gasteiger partial charge in [-0.2, -0.15) is 0 Å². The number of carbonyl (C=O) groups excluding carboxylic acids is 2. The van der Waals surface area contributed by atoms with E-state index in [0.717, 1.165) is 59.9 Å². The van der Waals surface area contributed by atoms with Gasteiger partial charge in [0, 0.05) is 50.3 Å². The average Bonchev–Trinajstić information content (AvgIpc) is 3.41. The predicted molar refractivity (Wildman–Crippen MR) is 152 cm³/mol. The van der Waals surface area contributed by atoms with Gasteiger partial charge in [-0.3, -0.25) is 19.5 Å². The van der Waals surface area contributed by atoms with Crippen LogP contribution in [0, 0.1) is 0 Å². The van der Waals surface area contributed by atoms with E-state index in [9.17, 15) is 9.59 Å². The van der Waals surface area contributed by atoms with Gasteiger partial charge in [0.2, 0.25) is 5.91 Å². The van der Waals surface area contributed by atoms with Gasteiger partial charge < -0.3 is 25.3 Å². The number of aromatic nitrogens is 4. The third-order valence-corrected chi connectivity index (χ3v) is 7.12. The van der Waals surface area contributed by atoms with Gasteiger partial charge in [0.15, 0.2) is 0 Å². The molecule has 204 valence electrons. The second-order valence-electron chi connectivity index (χ2n) is 9.93. The molecule has 4 aromatic rings. The van der Waals surface area contributed by atoms with Crippen LogP contribution in [0.2, 0.25) is 0 Å². The number of H-pyrrole nitrogens is 1. The van der Waals surface area contributed by atoms with Gasteiger partial charge in [-0.1, -0.05) is 18.7 Å². The van der Waals surface area contributed by atoms with E-state index >= 15 is 0 Å². The molecule has 2 amide bonds. The van der Waals surface area contributed by atoms with E-state index in [-0.39, 0.29) is 17.9 Å². The summed E-state index contributed by atoms with van der Waals surface area (Å²) >= 11 is 0. The average molecular weight is 539 g/mol. The van der Waals surface area contributed by atoms with E-state index in [1.165, 1.54) is 6.08 Å². The number of likely N-dealkylation sites (tertiary alicyclic amines) is 1. The van der Waals surface area contributed by atoms with E-state index < -0.39 is 0 Å². The number of ether oxygens (including phenoxy) is 1. The summed E-state index contributed by atoms with van der Waals surface area (Å²) in [4.78, 5) is 45.4. The Balaban J connectivity index is 1.09. The van der Waals surface area contributed by atoms with E-state index in [2.05, 4.69) is 53.0 Å². The smallest absolute Gasteiger partial charge is 0.274 e. The molecule has 11 heteroatoms.